The van der Waals surface area contributed by atoms with Crippen LogP contribution in [0.1, 0.15) is 55.7 Å². The number of benzene rings is 2. The van der Waals surface area contributed by atoms with Gasteiger partial charge in [-0.3, -0.25) is 9.59 Å². The van der Waals surface area contributed by atoms with Crippen molar-refractivity contribution in [1.29, 1.82) is 0 Å². The van der Waals surface area contributed by atoms with E-state index in [1.54, 1.807) is 33.2 Å². The van der Waals surface area contributed by atoms with E-state index in [9.17, 15) is 9.59 Å². The molecule has 0 N–H and O–H groups in total. The second-order valence-corrected chi connectivity index (χ2v) is 9.55. The van der Waals surface area contributed by atoms with Crippen molar-refractivity contribution in [2.75, 3.05) is 41.4 Å². The molecule has 0 atom stereocenters. The number of hydrogen-bond acceptors (Lipinski definition) is 4. The lowest BCUT2D eigenvalue weighted by Crippen LogP contribution is -2.38. The highest BCUT2D eigenvalue weighted by molar-refractivity contribution is 6.30. The molecular formula is C29H39ClN2O4. The summed E-state index contributed by atoms with van der Waals surface area (Å²) in [6.45, 7) is 7.17. The van der Waals surface area contributed by atoms with Crippen molar-refractivity contribution in [3.8, 4) is 11.5 Å². The van der Waals surface area contributed by atoms with Crippen LogP contribution in [0, 0.1) is 6.92 Å². The van der Waals surface area contributed by atoms with Crippen molar-refractivity contribution in [3.05, 3.63) is 63.7 Å². The highest BCUT2D eigenvalue weighted by atomic mass is 35.5. The summed E-state index contributed by atoms with van der Waals surface area (Å²) in [6, 6.07) is 11.6. The summed E-state index contributed by atoms with van der Waals surface area (Å²) in [5.74, 6) is 2.27. The van der Waals surface area contributed by atoms with Crippen molar-refractivity contribution in [1.82, 2.24) is 9.80 Å². The van der Waals surface area contributed by atoms with Crippen LogP contribution in [0.15, 0.2) is 42.0 Å². The van der Waals surface area contributed by atoms with Crippen molar-refractivity contribution in [2.45, 2.75) is 46.0 Å². The largest absolute Gasteiger partial charge is 0.496 e. The van der Waals surface area contributed by atoms with Gasteiger partial charge in [0.2, 0.25) is 11.8 Å². The van der Waals surface area contributed by atoms with Crippen molar-refractivity contribution >= 4 is 29.5 Å². The van der Waals surface area contributed by atoms with Crippen LogP contribution in [0.5, 0.6) is 11.5 Å². The monoisotopic (exact) mass is 514 g/mol. The van der Waals surface area contributed by atoms with Gasteiger partial charge in [0.05, 0.1) is 14.2 Å². The van der Waals surface area contributed by atoms with Crippen LogP contribution in [0.25, 0.3) is 6.08 Å². The van der Waals surface area contributed by atoms with Gasteiger partial charge in [-0.05, 0) is 74.1 Å². The molecule has 1 heterocycles. The molecule has 36 heavy (non-hydrogen) atoms. The SMILES string of the molecule is CCC(=O)N(C)C.COc1cccc(OC)c1C1CCN(C(=O)/C(C)=C/c2cc(Cl)ccc2C)CC1. The van der Waals surface area contributed by atoms with Gasteiger partial charge < -0.3 is 19.3 Å². The van der Waals surface area contributed by atoms with E-state index < -0.39 is 0 Å². The number of ether oxygens (including phenoxy) is 2. The van der Waals surface area contributed by atoms with Crippen LogP contribution in [-0.2, 0) is 9.59 Å². The zero-order valence-corrected chi connectivity index (χ0v) is 23.3. The maximum Gasteiger partial charge on any atom is 0.249 e. The van der Waals surface area contributed by atoms with Gasteiger partial charge in [-0.15, -0.1) is 0 Å². The van der Waals surface area contributed by atoms with Gasteiger partial charge in [0.15, 0.2) is 0 Å². The highest BCUT2D eigenvalue weighted by Gasteiger charge is 2.28. The third kappa shape index (κ3) is 7.76. The maximum atomic E-state index is 13.0. The number of aryl methyl sites for hydroxylation is 1. The second-order valence-electron chi connectivity index (χ2n) is 9.11. The minimum absolute atomic E-state index is 0.0785. The molecule has 7 heteroatoms. The first-order valence-electron chi connectivity index (χ1n) is 12.3. The van der Waals surface area contributed by atoms with Crippen molar-refractivity contribution in [3.63, 3.8) is 0 Å². The fraction of sp³-hybridized carbons (Fsp3) is 0.448. The molecule has 1 aliphatic rings. The number of carbonyl (C=O) groups excluding carboxylic acids is 2. The number of likely N-dealkylation sites (tertiary alicyclic amines) is 1. The summed E-state index contributed by atoms with van der Waals surface area (Å²) in [6.07, 6.45) is 4.30. The van der Waals surface area contributed by atoms with Gasteiger partial charge in [0, 0.05) is 49.8 Å². The highest BCUT2D eigenvalue weighted by Crippen LogP contribution is 2.40. The quantitative estimate of drug-likeness (QED) is 0.446. The van der Waals surface area contributed by atoms with Gasteiger partial charge in [-0.25, -0.2) is 0 Å². The zero-order valence-electron chi connectivity index (χ0n) is 22.6. The van der Waals surface area contributed by atoms with Crippen LogP contribution in [0.4, 0.5) is 0 Å². The van der Waals surface area contributed by atoms with E-state index in [2.05, 4.69) is 0 Å². The van der Waals surface area contributed by atoms with Crippen LogP contribution in [0.3, 0.4) is 0 Å². The molecular weight excluding hydrogens is 476 g/mol. The van der Waals surface area contributed by atoms with Crippen LogP contribution in [0.2, 0.25) is 5.02 Å². The predicted molar refractivity (Wildman–Crippen MR) is 147 cm³/mol. The van der Waals surface area contributed by atoms with Gasteiger partial charge in [-0.2, -0.15) is 0 Å². The number of carbonyl (C=O) groups is 2. The Bertz CT molecular complexity index is 1050. The Balaban J connectivity index is 0.000000572. The molecule has 1 saturated heterocycles. The zero-order chi connectivity index (χ0) is 26.8. The maximum absolute atomic E-state index is 13.0. The first-order chi connectivity index (χ1) is 17.1. The summed E-state index contributed by atoms with van der Waals surface area (Å²) in [5.41, 5.74) is 3.91. The Labute approximate surface area is 220 Å². The number of piperidine rings is 1. The van der Waals surface area contributed by atoms with Gasteiger partial charge >= 0.3 is 0 Å². The number of halogens is 1. The molecule has 2 aromatic rings. The van der Waals surface area contributed by atoms with Crippen LogP contribution < -0.4 is 9.47 Å². The standard InChI is InChI=1S/C24H28ClNO3.C5H11NO/c1-16-8-9-20(25)15-19(16)14-17(2)24(27)26-12-10-18(11-13-26)23-21(28-3)6-5-7-22(23)29-4;1-4-5(7)6(2)3/h5-9,14-15,18H,10-13H2,1-4H3;4H2,1-3H3/b17-14+;. The van der Waals surface area contributed by atoms with E-state index in [-0.39, 0.29) is 11.8 Å². The fourth-order valence-corrected chi connectivity index (χ4v) is 4.46. The molecule has 6 nitrogen and oxygen atoms in total. The lowest BCUT2D eigenvalue weighted by molar-refractivity contribution is -0.128. The normalized spacial score (nSPS) is 14.0. The third-order valence-electron chi connectivity index (χ3n) is 6.41. The van der Waals surface area contributed by atoms with E-state index in [0.29, 0.717) is 30.5 Å². The molecule has 196 valence electrons. The average Bonchev–Trinajstić information content (AvgIpc) is 2.89. The number of rotatable bonds is 6. The van der Waals surface area contributed by atoms with Crippen LogP contribution >= 0.6 is 11.6 Å². The topological polar surface area (TPSA) is 59.1 Å². The minimum Gasteiger partial charge on any atom is -0.496 e. The Kier molecular flexibility index (Phi) is 11.3. The molecule has 1 aliphatic heterocycles. The average molecular weight is 515 g/mol. The molecule has 0 aliphatic carbocycles. The van der Waals surface area contributed by atoms with E-state index in [0.717, 1.165) is 46.6 Å². The lowest BCUT2D eigenvalue weighted by Gasteiger charge is -2.33. The second kappa shape index (κ2) is 13.9. The Morgan fingerprint density at radius 1 is 1.08 bits per heavy atom. The molecule has 0 spiro atoms. The van der Waals surface area contributed by atoms with E-state index in [1.165, 1.54) is 0 Å². The molecule has 0 radical (unpaired) electrons. The summed E-state index contributed by atoms with van der Waals surface area (Å²) >= 11 is 6.11. The summed E-state index contributed by atoms with van der Waals surface area (Å²) in [5, 5.41) is 0.675. The molecule has 2 amide bonds. The van der Waals surface area contributed by atoms with Crippen molar-refractivity contribution in [2.24, 2.45) is 0 Å². The number of amides is 2. The third-order valence-corrected chi connectivity index (χ3v) is 6.64. The predicted octanol–water partition coefficient (Wildman–Crippen LogP) is 5.96. The Morgan fingerprint density at radius 3 is 2.14 bits per heavy atom. The number of hydrogen-bond donors (Lipinski definition) is 0. The first-order valence-corrected chi connectivity index (χ1v) is 12.6. The number of methoxy groups -OCH3 is 2. The molecule has 0 unspecified atom stereocenters. The van der Waals surface area contributed by atoms with Gasteiger partial charge in [0.25, 0.3) is 0 Å². The fourth-order valence-electron chi connectivity index (χ4n) is 4.28. The summed E-state index contributed by atoms with van der Waals surface area (Å²) in [7, 11) is 6.88. The molecule has 0 bridgehead atoms. The molecule has 1 fully saturated rings. The van der Waals surface area contributed by atoms with Crippen molar-refractivity contribution < 1.29 is 19.1 Å². The number of nitrogens with zero attached hydrogens (tertiary/aromatic N) is 2. The Morgan fingerprint density at radius 2 is 1.67 bits per heavy atom. The van der Waals surface area contributed by atoms with Gasteiger partial charge in [-0.1, -0.05) is 30.7 Å². The summed E-state index contributed by atoms with van der Waals surface area (Å²) in [4.78, 5) is 26.9. The smallest absolute Gasteiger partial charge is 0.249 e. The molecule has 0 aromatic heterocycles. The summed E-state index contributed by atoms with van der Waals surface area (Å²) < 4.78 is 11.1. The first kappa shape index (κ1) is 29.2. The van der Waals surface area contributed by atoms with E-state index in [4.69, 9.17) is 21.1 Å². The lowest BCUT2D eigenvalue weighted by atomic mass is 9.87. The van der Waals surface area contributed by atoms with E-state index >= 15 is 0 Å². The van der Waals surface area contributed by atoms with Crippen LogP contribution in [-0.4, -0.2) is 63.0 Å². The molecule has 0 saturated carbocycles. The van der Waals surface area contributed by atoms with E-state index in [1.807, 2.05) is 68.1 Å². The Hall–Kier alpha value is -2.99. The minimum atomic E-state index is 0.0785. The van der Waals surface area contributed by atoms with Gasteiger partial charge in [0.1, 0.15) is 11.5 Å². The molecule has 3 rings (SSSR count). The molecule has 2 aromatic carbocycles.